The van der Waals surface area contributed by atoms with Crippen LogP contribution in [0, 0.1) is 5.41 Å². The van der Waals surface area contributed by atoms with E-state index >= 15 is 0 Å². The molecule has 2 aliphatic rings. The van der Waals surface area contributed by atoms with Gasteiger partial charge in [0.2, 0.25) is 6.29 Å². The topological polar surface area (TPSA) is 102 Å². The van der Waals surface area contributed by atoms with E-state index in [0.717, 1.165) is 44.9 Å². The third-order valence-corrected chi connectivity index (χ3v) is 4.62. The number of aliphatic carboxylic acids is 1. The van der Waals surface area contributed by atoms with Gasteiger partial charge in [-0.05, 0) is 31.1 Å². The summed E-state index contributed by atoms with van der Waals surface area (Å²) in [5.74, 6) is -1.20. The average Bonchev–Trinajstić information content (AvgIpc) is 2.70. The molecule has 2 fully saturated rings. The van der Waals surface area contributed by atoms with Crippen LogP contribution in [0.25, 0.3) is 0 Å². The Kier molecular flexibility index (Phi) is 6.24. The SMILES string of the molecule is O=C(O)CC1(CNC(=O)OC2CCCCC(=O)O2)CCCCC1. The average molecular weight is 327 g/mol. The Balaban J connectivity index is 1.83. The maximum Gasteiger partial charge on any atom is 0.410 e. The Bertz CT molecular complexity index is 444. The first-order chi connectivity index (χ1) is 11.0. The maximum atomic E-state index is 11.9. The number of carboxylic acid groups (broad SMARTS) is 1. The predicted octanol–water partition coefficient (Wildman–Crippen LogP) is 2.58. The van der Waals surface area contributed by atoms with Gasteiger partial charge >= 0.3 is 18.0 Å². The summed E-state index contributed by atoms with van der Waals surface area (Å²) in [6.45, 7) is 0.277. The largest absolute Gasteiger partial charge is 0.481 e. The fraction of sp³-hybridized carbons (Fsp3) is 0.812. The molecule has 1 saturated carbocycles. The minimum Gasteiger partial charge on any atom is -0.481 e. The van der Waals surface area contributed by atoms with Crippen molar-refractivity contribution in [3.63, 3.8) is 0 Å². The zero-order chi connectivity index (χ0) is 16.7. The van der Waals surface area contributed by atoms with Gasteiger partial charge in [0.05, 0.1) is 6.42 Å². The summed E-state index contributed by atoms with van der Waals surface area (Å²) in [4.78, 5) is 34.4. The standard InChI is InChI=1S/C16H25NO6/c18-12(19)10-16(8-4-1-5-9-16)11-17-15(21)23-14-7-3-2-6-13(20)22-14/h14H,1-11H2,(H,17,21)(H,18,19). The first kappa shape index (κ1) is 17.6. The van der Waals surface area contributed by atoms with Crippen LogP contribution in [-0.2, 0) is 19.1 Å². The van der Waals surface area contributed by atoms with Crippen LogP contribution in [0.1, 0.15) is 64.2 Å². The normalized spacial score (nSPS) is 24.2. The molecule has 23 heavy (non-hydrogen) atoms. The second kappa shape index (κ2) is 8.17. The molecular weight excluding hydrogens is 302 g/mol. The van der Waals surface area contributed by atoms with Gasteiger partial charge in [-0.15, -0.1) is 0 Å². The number of ether oxygens (including phenoxy) is 2. The summed E-state index contributed by atoms with van der Waals surface area (Å²) < 4.78 is 10.2. The Labute approximate surface area is 135 Å². The lowest BCUT2D eigenvalue weighted by Crippen LogP contribution is -2.41. The summed E-state index contributed by atoms with van der Waals surface area (Å²) >= 11 is 0. The molecule has 0 spiro atoms. The summed E-state index contributed by atoms with van der Waals surface area (Å²) in [5.41, 5.74) is -0.400. The van der Waals surface area contributed by atoms with Crippen LogP contribution < -0.4 is 5.32 Å². The fourth-order valence-electron chi connectivity index (χ4n) is 3.39. The van der Waals surface area contributed by atoms with Crippen LogP contribution in [0.5, 0.6) is 0 Å². The van der Waals surface area contributed by atoms with Crippen molar-refractivity contribution in [2.24, 2.45) is 5.41 Å². The van der Waals surface area contributed by atoms with E-state index in [-0.39, 0.29) is 18.9 Å². The molecule has 1 atom stereocenters. The van der Waals surface area contributed by atoms with E-state index in [0.29, 0.717) is 12.8 Å². The second-order valence-electron chi connectivity index (χ2n) is 6.56. The number of carbonyl (C=O) groups is 3. The molecule has 2 rings (SSSR count). The van der Waals surface area contributed by atoms with E-state index in [4.69, 9.17) is 14.6 Å². The van der Waals surface area contributed by atoms with Crippen molar-refractivity contribution >= 4 is 18.0 Å². The predicted molar refractivity (Wildman–Crippen MR) is 80.6 cm³/mol. The van der Waals surface area contributed by atoms with Crippen LogP contribution >= 0.6 is 0 Å². The van der Waals surface area contributed by atoms with Crippen molar-refractivity contribution in [1.29, 1.82) is 0 Å². The van der Waals surface area contributed by atoms with E-state index in [1.54, 1.807) is 0 Å². The molecule has 0 radical (unpaired) electrons. The van der Waals surface area contributed by atoms with Crippen molar-refractivity contribution in [3.8, 4) is 0 Å². The second-order valence-corrected chi connectivity index (χ2v) is 6.56. The number of hydrogen-bond acceptors (Lipinski definition) is 5. The highest BCUT2D eigenvalue weighted by molar-refractivity contribution is 5.71. The molecule has 130 valence electrons. The van der Waals surface area contributed by atoms with Gasteiger partial charge in [-0.2, -0.15) is 0 Å². The summed E-state index contributed by atoms with van der Waals surface area (Å²) in [7, 11) is 0. The lowest BCUT2D eigenvalue weighted by Gasteiger charge is -2.36. The number of nitrogens with one attached hydrogen (secondary N) is 1. The van der Waals surface area contributed by atoms with Crippen LogP contribution in [0.15, 0.2) is 0 Å². The molecule has 0 bridgehead atoms. The number of esters is 1. The number of rotatable bonds is 5. The van der Waals surface area contributed by atoms with E-state index in [1.807, 2.05) is 0 Å². The molecule has 0 aromatic heterocycles. The van der Waals surface area contributed by atoms with Crippen molar-refractivity contribution in [1.82, 2.24) is 5.32 Å². The zero-order valence-electron chi connectivity index (χ0n) is 13.3. The van der Waals surface area contributed by atoms with Gasteiger partial charge in [0.1, 0.15) is 0 Å². The molecule has 0 aromatic carbocycles. The van der Waals surface area contributed by atoms with Crippen molar-refractivity contribution in [2.75, 3.05) is 6.54 Å². The highest BCUT2D eigenvalue weighted by Gasteiger charge is 2.35. The molecule has 1 amide bonds. The quantitative estimate of drug-likeness (QED) is 0.753. The number of amides is 1. The van der Waals surface area contributed by atoms with E-state index in [2.05, 4.69) is 5.32 Å². The lowest BCUT2D eigenvalue weighted by atomic mass is 9.72. The lowest BCUT2D eigenvalue weighted by molar-refractivity contribution is -0.166. The summed E-state index contributed by atoms with van der Waals surface area (Å²) in [5, 5.41) is 11.8. The molecule has 1 aliphatic carbocycles. The minimum atomic E-state index is -0.847. The van der Waals surface area contributed by atoms with E-state index in [9.17, 15) is 14.4 Å². The molecule has 0 aromatic rings. The van der Waals surface area contributed by atoms with Gasteiger partial charge in [0, 0.05) is 19.4 Å². The minimum absolute atomic E-state index is 0.0473. The molecular formula is C16H25NO6. The van der Waals surface area contributed by atoms with Crippen LogP contribution in [0.2, 0.25) is 0 Å². The van der Waals surface area contributed by atoms with Gasteiger partial charge < -0.3 is 19.9 Å². The monoisotopic (exact) mass is 327 g/mol. The maximum absolute atomic E-state index is 11.9. The van der Waals surface area contributed by atoms with Crippen LogP contribution in [0.3, 0.4) is 0 Å². The molecule has 1 heterocycles. The Hall–Kier alpha value is -1.79. The number of carbonyl (C=O) groups excluding carboxylic acids is 2. The third-order valence-electron chi connectivity index (χ3n) is 4.62. The van der Waals surface area contributed by atoms with E-state index in [1.165, 1.54) is 0 Å². The molecule has 2 N–H and O–H groups in total. The molecule has 7 nitrogen and oxygen atoms in total. The molecule has 1 unspecified atom stereocenters. The first-order valence-electron chi connectivity index (χ1n) is 8.35. The molecule has 1 saturated heterocycles. The fourth-order valence-corrected chi connectivity index (χ4v) is 3.39. The van der Waals surface area contributed by atoms with Gasteiger partial charge in [0.15, 0.2) is 0 Å². The Morgan fingerprint density at radius 1 is 1.22 bits per heavy atom. The van der Waals surface area contributed by atoms with Crippen molar-refractivity contribution in [3.05, 3.63) is 0 Å². The van der Waals surface area contributed by atoms with Gasteiger partial charge in [0.25, 0.3) is 0 Å². The number of hydrogen-bond donors (Lipinski definition) is 2. The summed E-state index contributed by atoms with van der Waals surface area (Å²) in [6, 6.07) is 0. The Morgan fingerprint density at radius 3 is 2.65 bits per heavy atom. The smallest absolute Gasteiger partial charge is 0.410 e. The van der Waals surface area contributed by atoms with Crippen LogP contribution in [-0.4, -0.2) is 36.0 Å². The molecule has 7 heteroatoms. The number of alkyl carbamates (subject to hydrolysis) is 1. The number of cyclic esters (lactones) is 1. The molecule has 1 aliphatic heterocycles. The first-order valence-corrected chi connectivity index (χ1v) is 8.35. The number of carboxylic acids is 1. The van der Waals surface area contributed by atoms with Gasteiger partial charge in [-0.25, -0.2) is 4.79 Å². The van der Waals surface area contributed by atoms with E-state index < -0.39 is 23.8 Å². The van der Waals surface area contributed by atoms with Gasteiger partial charge in [-0.3, -0.25) is 9.59 Å². The third kappa shape index (κ3) is 5.73. The zero-order valence-corrected chi connectivity index (χ0v) is 13.3. The Morgan fingerprint density at radius 2 is 1.96 bits per heavy atom. The summed E-state index contributed by atoms with van der Waals surface area (Å²) in [6.07, 6.45) is 5.55. The highest BCUT2D eigenvalue weighted by atomic mass is 16.7. The van der Waals surface area contributed by atoms with Crippen molar-refractivity contribution in [2.45, 2.75) is 70.5 Å². The van der Waals surface area contributed by atoms with Gasteiger partial charge in [-0.1, -0.05) is 19.3 Å². The van der Waals surface area contributed by atoms with Crippen LogP contribution in [0.4, 0.5) is 4.79 Å². The highest BCUT2D eigenvalue weighted by Crippen LogP contribution is 2.38. The van der Waals surface area contributed by atoms with Crippen molar-refractivity contribution < 1.29 is 29.0 Å².